The molecule has 5 rings (SSSR count). The maximum atomic E-state index is 11.7. The standard InChI is InChI=1S/C25H21N3O4S/c1-28-21-14-19(32-18-5-3-2-4-6-18)11-12-20(21)26-23(28)15-31-17-9-7-16(8-10-17)13-22-24(29)27-25(30)33-22/h2-12,14,22H,13,15H2,1H3,(H,27,29,30). The Hall–Kier alpha value is -3.78. The number of imidazole rings is 1. The van der Waals surface area contributed by atoms with Gasteiger partial charge < -0.3 is 14.0 Å². The van der Waals surface area contributed by atoms with Crippen LogP contribution in [0.4, 0.5) is 4.79 Å². The van der Waals surface area contributed by atoms with Crippen LogP contribution in [0.2, 0.25) is 0 Å². The Balaban J connectivity index is 1.24. The SMILES string of the molecule is Cn1c(COc2ccc(CC3SC(=O)NC3=O)cc2)nc2ccc(Oc3ccccc3)cc21. The van der Waals surface area contributed by atoms with Crippen LogP contribution in [0, 0.1) is 0 Å². The molecule has 1 aliphatic heterocycles. The number of carbonyl (C=O) groups is 2. The summed E-state index contributed by atoms with van der Waals surface area (Å²) in [5, 5.41) is 1.65. The largest absolute Gasteiger partial charge is 0.486 e. The van der Waals surface area contributed by atoms with Gasteiger partial charge in [0.25, 0.3) is 5.24 Å². The number of fused-ring (bicyclic) bond motifs is 1. The van der Waals surface area contributed by atoms with Crippen LogP contribution in [-0.4, -0.2) is 25.9 Å². The number of carbonyl (C=O) groups excluding carboxylic acids is 2. The molecule has 166 valence electrons. The summed E-state index contributed by atoms with van der Waals surface area (Å²) in [7, 11) is 1.95. The summed E-state index contributed by atoms with van der Waals surface area (Å²) in [6.07, 6.45) is 0.501. The van der Waals surface area contributed by atoms with E-state index in [1.165, 1.54) is 0 Å². The number of hydrogen-bond acceptors (Lipinski definition) is 6. The van der Waals surface area contributed by atoms with E-state index in [-0.39, 0.29) is 16.4 Å². The molecular weight excluding hydrogens is 438 g/mol. The van der Waals surface area contributed by atoms with Crippen LogP contribution in [0.15, 0.2) is 72.8 Å². The van der Waals surface area contributed by atoms with Crippen molar-refractivity contribution in [3.8, 4) is 17.2 Å². The van der Waals surface area contributed by atoms with Crippen molar-refractivity contribution in [1.29, 1.82) is 0 Å². The average molecular weight is 460 g/mol. The van der Waals surface area contributed by atoms with E-state index in [1.54, 1.807) is 0 Å². The number of benzene rings is 3. The van der Waals surface area contributed by atoms with Crippen molar-refractivity contribution in [3.05, 3.63) is 84.2 Å². The summed E-state index contributed by atoms with van der Waals surface area (Å²) in [4.78, 5) is 27.7. The summed E-state index contributed by atoms with van der Waals surface area (Å²) < 4.78 is 13.9. The molecule has 33 heavy (non-hydrogen) atoms. The fourth-order valence-electron chi connectivity index (χ4n) is 3.65. The van der Waals surface area contributed by atoms with Gasteiger partial charge in [-0.2, -0.15) is 0 Å². The van der Waals surface area contributed by atoms with Crippen LogP contribution < -0.4 is 14.8 Å². The average Bonchev–Trinajstić information content (AvgIpc) is 3.31. The van der Waals surface area contributed by atoms with Gasteiger partial charge in [-0.25, -0.2) is 4.98 Å². The van der Waals surface area contributed by atoms with Gasteiger partial charge >= 0.3 is 0 Å². The fraction of sp³-hybridized carbons (Fsp3) is 0.160. The van der Waals surface area contributed by atoms with Crippen molar-refractivity contribution in [3.63, 3.8) is 0 Å². The molecule has 1 N–H and O–H groups in total. The van der Waals surface area contributed by atoms with E-state index in [1.807, 2.05) is 84.4 Å². The van der Waals surface area contributed by atoms with Gasteiger partial charge in [0.05, 0.1) is 16.3 Å². The Morgan fingerprint density at radius 1 is 0.970 bits per heavy atom. The second-order valence-corrected chi connectivity index (χ2v) is 8.85. The lowest BCUT2D eigenvalue weighted by atomic mass is 10.1. The molecule has 1 unspecified atom stereocenters. The third-order valence-corrected chi connectivity index (χ3v) is 6.38. The van der Waals surface area contributed by atoms with Crippen LogP contribution in [0.3, 0.4) is 0 Å². The molecule has 0 saturated carbocycles. The maximum absolute atomic E-state index is 11.7. The van der Waals surface area contributed by atoms with Crippen molar-refractivity contribution >= 4 is 33.9 Å². The first-order valence-electron chi connectivity index (χ1n) is 10.5. The van der Waals surface area contributed by atoms with E-state index in [2.05, 4.69) is 10.3 Å². The van der Waals surface area contributed by atoms with Gasteiger partial charge in [0, 0.05) is 13.1 Å². The van der Waals surface area contributed by atoms with Gasteiger partial charge in [-0.1, -0.05) is 42.1 Å². The lowest BCUT2D eigenvalue weighted by molar-refractivity contribution is -0.118. The summed E-state index contributed by atoms with van der Waals surface area (Å²) in [5.41, 5.74) is 2.80. The molecule has 1 fully saturated rings. The summed E-state index contributed by atoms with van der Waals surface area (Å²) in [6.45, 7) is 0.314. The number of imide groups is 1. The van der Waals surface area contributed by atoms with E-state index in [0.717, 1.165) is 45.7 Å². The monoisotopic (exact) mass is 459 g/mol. The highest BCUT2D eigenvalue weighted by molar-refractivity contribution is 8.15. The number of rotatable bonds is 7. The van der Waals surface area contributed by atoms with E-state index < -0.39 is 0 Å². The normalized spacial score (nSPS) is 15.6. The number of nitrogens with zero attached hydrogens (tertiary/aromatic N) is 2. The van der Waals surface area contributed by atoms with E-state index >= 15 is 0 Å². The predicted molar refractivity (Wildman–Crippen MR) is 127 cm³/mol. The highest BCUT2D eigenvalue weighted by atomic mass is 32.2. The van der Waals surface area contributed by atoms with Crippen molar-refractivity contribution in [1.82, 2.24) is 14.9 Å². The highest BCUT2D eigenvalue weighted by Gasteiger charge is 2.31. The molecule has 1 aliphatic rings. The minimum atomic E-state index is -0.375. The van der Waals surface area contributed by atoms with Crippen molar-refractivity contribution in [2.75, 3.05) is 0 Å². The number of hydrogen-bond donors (Lipinski definition) is 1. The number of aryl methyl sites for hydroxylation is 1. The summed E-state index contributed by atoms with van der Waals surface area (Å²) in [5.74, 6) is 2.80. The molecule has 0 bridgehead atoms. The molecule has 1 aromatic heterocycles. The molecule has 0 aliphatic carbocycles. The molecule has 1 saturated heterocycles. The first kappa shape index (κ1) is 21.1. The first-order valence-corrected chi connectivity index (χ1v) is 11.3. The third-order valence-electron chi connectivity index (χ3n) is 5.40. The number of ether oxygens (including phenoxy) is 2. The lowest BCUT2D eigenvalue weighted by Crippen LogP contribution is -2.25. The topological polar surface area (TPSA) is 82.5 Å². The maximum Gasteiger partial charge on any atom is 0.286 e. The van der Waals surface area contributed by atoms with Gasteiger partial charge in [0.2, 0.25) is 5.91 Å². The van der Waals surface area contributed by atoms with Crippen molar-refractivity contribution < 1.29 is 19.1 Å². The van der Waals surface area contributed by atoms with E-state index in [9.17, 15) is 9.59 Å². The number of thioether (sulfide) groups is 1. The Bertz CT molecular complexity index is 1320. The Labute approximate surface area is 194 Å². The van der Waals surface area contributed by atoms with Gasteiger partial charge in [-0.15, -0.1) is 0 Å². The first-order chi connectivity index (χ1) is 16.0. The molecule has 0 radical (unpaired) electrons. The summed E-state index contributed by atoms with van der Waals surface area (Å²) >= 11 is 1.03. The Morgan fingerprint density at radius 2 is 1.73 bits per heavy atom. The van der Waals surface area contributed by atoms with Gasteiger partial charge in [0.1, 0.15) is 29.7 Å². The summed E-state index contributed by atoms with van der Waals surface area (Å²) in [6, 6.07) is 23.0. The van der Waals surface area contributed by atoms with Crippen LogP contribution in [0.25, 0.3) is 11.0 Å². The molecule has 2 amide bonds. The van der Waals surface area contributed by atoms with E-state index in [0.29, 0.717) is 18.8 Å². The zero-order valence-electron chi connectivity index (χ0n) is 17.9. The molecule has 3 aromatic carbocycles. The van der Waals surface area contributed by atoms with Crippen LogP contribution in [0.5, 0.6) is 17.2 Å². The van der Waals surface area contributed by atoms with Gasteiger partial charge in [-0.3, -0.25) is 14.9 Å². The van der Waals surface area contributed by atoms with E-state index in [4.69, 9.17) is 9.47 Å². The van der Waals surface area contributed by atoms with Crippen molar-refractivity contribution in [2.45, 2.75) is 18.3 Å². The minimum absolute atomic E-state index is 0.232. The smallest absolute Gasteiger partial charge is 0.286 e. The number of nitrogens with one attached hydrogen (secondary N) is 1. The fourth-order valence-corrected chi connectivity index (χ4v) is 4.51. The quantitative estimate of drug-likeness (QED) is 0.426. The molecule has 0 spiro atoms. The molecule has 8 heteroatoms. The number of amides is 2. The second kappa shape index (κ2) is 8.99. The molecule has 1 atom stereocenters. The second-order valence-electron chi connectivity index (χ2n) is 7.67. The van der Waals surface area contributed by atoms with Crippen LogP contribution >= 0.6 is 11.8 Å². The van der Waals surface area contributed by atoms with Gasteiger partial charge in [0.15, 0.2) is 0 Å². The minimum Gasteiger partial charge on any atom is -0.486 e. The number of aromatic nitrogens is 2. The third kappa shape index (κ3) is 4.70. The van der Waals surface area contributed by atoms with Crippen molar-refractivity contribution in [2.24, 2.45) is 7.05 Å². The zero-order valence-corrected chi connectivity index (χ0v) is 18.7. The van der Waals surface area contributed by atoms with Crippen LogP contribution in [0.1, 0.15) is 11.4 Å². The molecule has 2 heterocycles. The molecular formula is C25H21N3O4S. The Kier molecular flexibility index (Phi) is 5.75. The van der Waals surface area contributed by atoms with Gasteiger partial charge in [-0.05, 0) is 48.4 Å². The predicted octanol–water partition coefficient (Wildman–Crippen LogP) is 4.84. The zero-order chi connectivity index (χ0) is 22.8. The molecule has 4 aromatic rings. The number of para-hydroxylation sites is 1. The lowest BCUT2D eigenvalue weighted by Gasteiger charge is -2.09. The molecule has 7 nitrogen and oxygen atoms in total. The Morgan fingerprint density at radius 3 is 2.45 bits per heavy atom. The van der Waals surface area contributed by atoms with Crippen LogP contribution in [-0.2, 0) is 24.9 Å². The highest BCUT2D eigenvalue weighted by Crippen LogP contribution is 2.27.